The Hall–Kier alpha value is -0.410. The summed E-state index contributed by atoms with van der Waals surface area (Å²) in [5.74, 6) is 2.00. The molecule has 4 heteroatoms. The molecule has 1 N–H and O–H groups in total. The number of nitrogens with one attached hydrogen (secondary N) is 1. The molecule has 0 aromatic heterocycles. The van der Waals surface area contributed by atoms with Crippen molar-refractivity contribution in [3.05, 3.63) is 29.0 Å². The lowest BCUT2D eigenvalue weighted by molar-refractivity contribution is 0.628. The van der Waals surface area contributed by atoms with Crippen molar-refractivity contribution in [2.24, 2.45) is 0 Å². The lowest BCUT2D eigenvalue weighted by atomic mass is 10.3. The molecule has 0 aliphatic carbocycles. The molecule has 1 rings (SSSR count). The highest BCUT2D eigenvalue weighted by Gasteiger charge is 2.00. The smallest absolute Gasteiger partial charge is 0.125 e. The van der Waals surface area contributed by atoms with E-state index < -0.39 is 0 Å². The fourth-order valence-corrected chi connectivity index (χ4v) is 2.00. The summed E-state index contributed by atoms with van der Waals surface area (Å²) in [7, 11) is 0. The third-order valence-electron chi connectivity index (χ3n) is 1.91. The molecule has 1 aromatic rings. The van der Waals surface area contributed by atoms with E-state index in [0.717, 1.165) is 24.5 Å². The largest absolute Gasteiger partial charge is 0.384 e. The molecule has 0 unspecified atom stereocenters. The number of rotatable bonds is 6. The van der Waals surface area contributed by atoms with E-state index in [1.165, 1.54) is 12.1 Å². The van der Waals surface area contributed by atoms with Gasteiger partial charge in [-0.25, -0.2) is 4.39 Å². The van der Waals surface area contributed by atoms with Crippen molar-refractivity contribution in [2.45, 2.75) is 13.3 Å². The first-order valence-electron chi connectivity index (χ1n) is 5.00. The Morgan fingerprint density at radius 3 is 3.00 bits per heavy atom. The second kappa shape index (κ2) is 6.96. The van der Waals surface area contributed by atoms with Gasteiger partial charge < -0.3 is 5.32 Å². The summed E-state index contributed by atoms with van der Waals surface area (Å²) in [5.41, 5.74) is 0.679. The van der Waals surface area contributed by atoms with E-state index in [4.69, 9.17) is 11.6 Å². The van der Waals surface area contributed by atoms with E-state index >= 15 is 0 Å². The van der Waals surface area contributed by atoms with E-state index in [1.54, 1.807) is 6.07 Å². The van der Waals surface area contributed by atoms with Crippen LogP contribution in [0.15, 0.2) is 18.2 Å². The molecule has 0 radical (unpaired) electrons. The maximum absolute atomic E-state index is 12.9. The first kappa shape index (κ1) is 12.7. The van der Waals surface area contributed by atoms with Crippen molar-refractivity contribution in [1.82, 2.24) is 0 Å². The van der Waals surface area contributed by atoms with Gasteiger partial charge in [0.05, 0.1) is 10.7 Å². The van der Waals surface area contributed by atoms with Crippen LogP contribution >= 0.6 is 23.4 Å². The van der Waals surface area contributed by atoms with Gasteiger partial charge in [-0.3, -0.25) is 0 Å². The van der Waals surface area contributed by atoms with Crippen LogP contribution in [-0.4, -0.2) is 18.1 Å². The first-order chi connectivity index (χ1) is 7.24. The van der Waals surface area contributed by atoms with E-state index in [9.17, 15) is 4.39 Å². The van der Waals surface area contributed by atoms with Crippen LogP contribution in [0.5, 0.6) is 0 Å². The molecule has 1 aromatic carbocycles. The summed E-state index contributed by atoms with van der Waals surface area (Å²) >= 11 is 7.81. The van der Waals surface area contributed by atoms with Crippen LogP contribution in [-0.2, 0) is 0 Å². The number of anilines is 1. The Kier molecular flexibility index (Phi) is 5.88. The molecular weight excluding hydrogens is 233 g/mol. The lowest BCUT2D eigenvalue weighted by Crippen LogP contribution is -2.03. The van der Waals surface area contributed by atoms with Crippen LogP contribution in [0.1, 0.15) is 13.3 Å². The third-order valence-corrected chi connectivity index (χ3v) is 3.23. The van der Waals surface area contributed by atoms with Gasteiger partial charge in [-0.2, -0.15) is 11.8 Å². The Labute approximate surface area is 99.4 Å². The maximum Gasteiger partial charge on any atom is 0.125 e. The zero-order valence-electron chi connectivity index (χ0n) is 8.72. The standard InChI is InChI=1S/C11H15ClFNS/c1-2-15-7-3-6-14-11-8-9(13)4-5-10(11)12/h4-5,8,14H,2-3,6-7H2,1H3. The predicted molar refractivity (Wildman–Crippen MR) is 67.5 cm³/mol. The minimum atomic E-state index is -0.259. The summed E-state index contributed by atoms with van der Waals surface area (Å²) in [6.07, 6.45) is 1.06. The Morgan fingerprint density at radius 1 is 1.47 bits per heavy atom. The third kappa shape index (κ3) is 4.76. The van der Waals surface area contributed by atoms with Crippen LogP contribution in [0.2, 0.25) is 5.02 Å². The number of halogens is 2. The molecule has 0 aliphatic heterocycles. The fraction of sp³-hybridized carbons (Fsp3) is 0.455. The van der Waals surface area contributed by atoms with Gasteiger partial charge in [0.1, 0.15) is 5.82 Å². The van der Waals surface area contributed by atoms with Gasteiger partial charge in [0, 0.05) is 6.54 Å². The van der Waals surface area contributed by atoms with Gasteiger partial charge in [0.2, 0.25) is 0 Å². The highest BCUT2D eigenvalue weighted by molar-refractivity contribution is 7.99. The number of hydrogen-bond acceptors (Lipinski definition) is 2. The zero-order chi connectivity index (χ0) is 11.1. The van der Waals surface area contributed by atoms with Crippen molar-refractivity contribution in [1.29, 1.82) is 0 Å². The van der Waals surface area contributed by atoms with Gasteiger partial charge in [-0.1, -0.05) is 18.5 Å². The van der Waals surface area contributed by atoms with E-state index in [1.807, 2.05) is 11.8 Å². The highest BCUT2D eigenvalue weighted by Crippen LogP contribution is 2.22. The van der Waals surface area contributed by atoms with Crippen molar-refractivity contribution in [3.63, 3.8) is 0 Å². The predicted octanol–water partition coefficient (Wildman–Crippen LogP) is 4.03. The van der Waals surface area contributed by atoms with Crippen LogP contribution in [0, 0.1) is 5.82 Å². The van der Waals surface area contributed by atoms with E-state index in [0.29, 0.717) is 10.7 Å². The number of thioether (sulfide) groups is 1. The van der Waals surface area contributed by atoms with Gasteiger partial charge in [-0.05, 0) is 36.1 Å². The summed E-state index contributed by atoms with van der Waals surface area (Å²) in [6.45, 7) is 2.97. The van der Waals surface area contributed by atoms with Crippen molar-refractivity contribution in [2.75, 3.05) is 23.4 Å². The molecule has 0 heterocycles. The number of benzene rings is 1. The molecule has 0 fully saturated rings. The maximum atomic E-state index is 12.9. The molecule has 0 aliphatic rings. The zero-order valence-corrected chi connectivity index (χ0v) is 10.3. The van der Waals surface area contributed by atoms with Crippen LogP contribution < -0.4 is 5.32 Å². The summed E-state index contributed by atoms with van der Waals surface area (Å²) in [4.78, 5) is 0. The summed E-state index contributed by atoms with van der Waals surface area (Å²) < 4.78 is 12.9. The molecule has 15 heavy (non-hydrogen) atoms. The molecule has 1 nitrogen and oxygen atoms in total. The second-order valence-corrected chi connectivity index (χ2v) is 4.90. The van der Waals surface area contributed by atoms with Crippen molar-refractivity contribution in [3.8, 4) is 0 Å². The first-order valence-corrected chi connectivity index (χ1v) is 6.54. The van der Waals surface area contributed by atoms with E-state index in [-0.39, 0.29) is 5.82 Å². The highest BCUT2D eigenvalue weighted by atomic mass is 35.5. The van der Waals surface area contributed by atoms with Crippen molar-refractivity contribution >= 4 is 29.1 Å². The second-order valence-electron chi connectivity index (χ2n) is 3.10. The molecule has 84 valence electrons. The summed E-state index contributed by atoms with van der Waals surface area (Å²) in [6, 6.07) is 4.36. The van der Waals surface area contributed by atoms with Gasteiger partial charge in [0.15, 0.2) is 0 Å². The van der Waals surface area contributed by atoms with Gasteiger partial charge in [-0.15, -0.1) is 0 Å². The minimum Gasteiger partial charge on any atom is -0.384 e. The lowest BCUT2D eigenvalue weighted by Gasteiger charge is -2.07. The van der Waals surface area contributed by atoms with Crippen molar-refractivity contribution < 1.29 is 4.39 Å². The molecule has 0 spiro atoms. The Morgan fingerprint density at radius 2 is 2.27 bits per heavy atom. The van der Waals surface area contributed by atoms with Crippen LogP contribution in [0.3, 0.4) is 0 Å². The molecule has 0 bridgehead atoms. The quantitative estimate of drug-likeness (QED) is 0.762. The molecule has 0 amide bonds. The SMILES string of the molecule is CCSCCCNc1cc(F)ccc1Cl. The Bertz CT molecular complexity index is 307. The topological polar surface area (TPSA) is 12.0 Å². The van der Waals surface area contributed by atoms with Crippen LogP contribution in [0.4, 0.5) is 10.1 Å². The van der Waals surface area contributed by atoms with Crippen LogP contribution in [0.25, 0.3) is 0 Å². The normalized spacial score (nSPS) is 10.3. The monoisotopic (exact) mass is 247 g/mol. The average molecular weight is 248 g/mol. The average Bonchev–Trinajstić information content (AvgIpc) is 2.23. The van der Waals surface area contributed by atoms with Gasteiger partial charge in [0.25, 0.3) is 0 Å². The van der Waals surface area contributed by atoms with Gasteiger partial charge >= 0.3 is 0 Å². The molecule has 0 saturated carbocycles. The number of hydrogen-bond donors (Lipinski definition) is 1. The minimum absolute atomic E-state index is 0.259. The summed E-state index contributed by atoms with van der Waals surface area (Å²) in [5, 5.41) is 3.70. The Balaban J connectivity index is 2.33. The molecule has 0 saturated heterocycles. The van der Waals surface area contributed by atoms with E-state index in [2.05, 4.69) is 12.2 Å². The molecule has 0 atom stereocenters. The fourth-order valence-electron chi connectivity index (χ4n) is 1.17. The molecular formula is C11H15ClFNS.